The van der Waals surface area contributed by atoms with Crippen LogP contribution in [0.3, 0.4) is 0 Å². The first kappa shape index (κ1) is 11.2. The number of halogens is 1. The third-order valence-corrected chi connectivity index (χ3v) is 2.86. The molecule has 1 aromatic rings. The molecular weight excluding hydrogens is 230 g/mol. The minimum Gasteiger partial charge on any atom is -0.462 e. The average Bonchev–Trinajstić information content (AvgIpc) is 2.58. The highest BCUT2D eigenvalue weighted by Crippen LogP contribution is 2.36. The molecule has 86 valence electrons. The highest BCUT2D eigenvalue weighted by molar-refractivity contribution is 6.32. The first-order valence-corrected chi connectivity index (χ1v) is 5.40. The van der Waals surface area contributed by atoms with Crippen LogP contribution in [0.15, 0.2) is 18.2 Å². The molecule has 2 N–H and O–H groups in total. The molecule has 0 saturated heterocycles. The Hall–Kier alpha value is -1.26. The zero-order valence-corrected chi connectivity index (χ0v) is 9.54. The Labute approximate surface area is 98.2 Å². The van der Waals surface area contributed by atoms with Gasteiger partial charge in [0.15, 0.2) is 0 Å². The zero-order valence-electron chi connectivity index (χ0n) is 8.79. The van der Waals surface area contributed by atoms with Crippen molar-refractivity contribution in [1.82, 2.24) is 0 Å². The normalized spacial score (nSPS) is 22.4. The fourth-order valence-electron chi connectivity index (χ4n) is 1.75. The van der Waals surface area contributed by atoms with Crippen molar-refractivity contribution in [2.75, 3.05) is 11.9 Å². The van der Waals surface area contributed by atoms with Crippen molar-refractivity contribution in [2.45, 2.75) is 19.1 Å². The molecule has 0 aromatic heterocycles. The highest BCUT2D eigenvalue weighted by Gasteiger charge is 2.44. The molecule has 16 heavy (non-hydrogen) atoms. The van der Waals surface area contributed by atoms with E-state index in [1.807, 2.05) is 0 Å². The molecule has 0 bridgehead atoms. The van der Waals surface area contributed by atoms with Gasteiger partial charge in [-0.1, -0.05) is 17.7 Å². The van der Waals surface area contributed by atoms with Crippen molar-refractivity contribution in [3.8, 4) is 0 Å². The quantitative estimate of drug-likeness (QED) is 0.772. The largest absolute Gasteiger partial charge is 0.462 e. The summed E-state index contributed by atoms with van der Waals surface area (Å²) >= 11 is 5.98. The van der Waals surface area contributed by atoms with Gasteiger partial charge in [-0.15, -0.1) is 0 Å². The second kappa shape index (κ2) is 3.96. The molecule has 0 radical (unpaired) electrons. The van der Waals surface area contributed by atoms with Gasteiger partial charge in [0.2, 0.25) is 5.72 Å². The molecule has 0 aliphatic carbocycles. The summed E-state index contributed by atoms with van der Waals surface area (Å²) in [7, 11) is 0. The monoisotopic (exact) mass is 241 g/mol. The predicted octanol–water partition coefficient (Wildman–Crippen LogP) is 1.56. The lowest BCUT2D eigenvalue weighted by Gasteiger charge is -2.20. The number of carbonyl (C=O) groups excluding carboxylic acids is 1. The molecule has 1 aliphatic heterocycles. The maximum absolute atomic E-state index is 11.6. The molecule has 1 heterocycles. The van der Waals surface area contributed by atoms with Crippen molar-refractivity contribution >= 4 is 23.3 Å². The van der Waals surface area contributed by atoms with E-state index in [0.717, 1.165) is 5.56 Å². The van der Waals surface area contributed by atoms with Crippen LogP contribution in [0.2, 0.25) is 5.02 Å². The molecule has 0 saturated carbocycles. The van der Waals surface area contributed by atoms with Gasteiger partial charge in [0.1, 0.15) is 0 Å². The number of carbonyl (C=O) groups is 1. The molecule has 0 fully saturated rings. The third kappa shape index (κ3) is 1.74. The fraction of sp³-hybridized carbons (Fsp3) is 0.364. The van der Waals surface area contributed by atoms with Crippen LogP contribution in [0.4, 0.5) is 5.69 Å². The minimum absolute atomic E-state index is 0.126. The van der Waals surface area contributed by atoms with E-state index in [9.17, 15) is 9.90 Å². The maximum atomic E-state index is 11.6. The molecule has 1 aliphatic rings. The number of hydrogen-bond acceptors (Lipinski definition) is 4. The van der Waals surface area contributed by atoms with Gasteiger partial charge in [-0.3, -0.25) is 0 Å². The predicted molar refractivity (Wildman–Crippen MR) is 60.4 cm³/mol. The number of hydrogen-bond donors (Lipinski definition) is 2. The zero-order chi connectivity index (χ0) is 11.8. The Morgan fingerprint density at radius 1 is 1.69 bits per heavy atom. The highest BCUT2D eigenvalue weighted by atomic mass is 35.5. The number of anilines is 1. The van der Waals surface area contributed by atoms with Crippen LogP contribution in [-0.4, -0.2) is 23.4 Å². The lowest BCUT2D eigenvalue weighted by atomic mass is 10.1. The Balaban J connectivity index is 2.27. The Bertz CT molecular complexity index is 435. The van der Waals surface area contributed by atoms with Crippen LogP contribution < -0.4 is 5.32 Å². The van der Waals surface area contributed by atoms with Crippen LogP contribution in [0.25, 0.3) is 0 Å². The molecule has 4 nitrogen and oxygen atoms in total. The Morgan fingerprint density at radius 2 is 2.44 bits per heavy atom. The van der Waals surface area contributed by atoms with Gasteiger partial charge in [0.05, 0.1) is 6.61 Å². The van der Waals surface area contributed by atoms with Crippen LogP contribution in [0.1, 0.15) is 12.5 Å². The second-order valence-electron chi connectivity index (χ2n) is 3.65. The molecule has 1 aromatic carbocycles. The summed E-state index contributed by atoms with van der Waals surface area (Å²) in [6.07, 6.45) is 0.126. The molecule has 0 spiro atoms. The van der Waals surface area contributed by atoms with Crippen LogP contribution in [0, 0.1) is 0 Å². The van der Waals surface area contributed by atoms with E-state index < -0.39 is 11.7 Å². The number of ether oxygens (including phenoxy) is 1. The van der Waals surface area contributed by atoms with Crippen LogP contribution in [-0.2, 0) is 16.0 Å². The number of rotatable bonds is 2. The maximum Gasteiger partial charge on any atom is 0.359 e. The number of esters is 1. The van der Waals surface area contributed by atoms with E-state index in [4.69, 9.17) is 16.3 Å². The standard InChI is InChI=1S/C11H12ClNO3/c1-2-16-10(14)11(15)6-7-8(12)4-3-5-9(7)13-11/h3-5,13,15H,2,6H2,1H3. The van der Waals surface area contributed by atoms with Gasteiger partial charge in [-0.05, 0) is 24.6 Å². The van der Waals surface area contributed by atoms with Gasteiger partial charge in [0, 0.05) is 17.1 Å². The van der Waals surface area contributed by atoms with Crippen molar-refractivity contribution < 1.29 is 14.6 Å². The molecule has 1 unspecified atom stereocenters. The van der Waals surface area contributed by atoms with Gasteiger partial charge in [-0.2, -0.15) is 0 Å². The number of aliphatic hydroxyl groups is 1. The topological polar surface area (TPSA) is 58.6 Å². The van der Waals surface area contributed by atoms with Crippen molar-refractivity contribution in [3.05, 3.63) is 28.8 Å². The van der Waals surface area contributed by atoms with Crippen LogP contribution in [0.5, 0.6) is 0 Å². The van der Waals surface area contributed by atoms with Gasteiger partial charge >= 0.3 is 5.97 Å². The van der Waals surface area contributed by atoms with E-state index in [1.165, 1.54) is 0 Å². The summed E-state index contributed by atoms with van der Waals surface area (Å²) in [5, 5.41) is 13.4. The molecule has 1 atom stereocenters. The summed E-state index contributed by atoms with van der Waals surface area (Å²) in [6.45, 7) is 1.92. The van der Waals surface area contributed by atoms with E-state index in [-0.39, 0.29) is 13.0 Å². The summed E-state index contributed by atoms with van der Waals surface area (Å²) in [4.78, 5) is 11.6. The Kier molecular flexibility index (Phi) is 2.78. The van der Waals surface area contributed by atoms with Gasteiger partial charge < -0.3 is 15.2 Å². The van der Waals surface area contributed by atoms with E-state index in [1.54, 1.807) is 25.1 Å². The molecule has 0 amide bonds. The molecular formula is C11H12ClNO3. The first-order chi connectivity index (χ1) is 7.57. The summed E-state index contributed by atoms with van der Waals surface area (Å²) in [5.74, 6) is -0.678. The first-order valence-electron chi connectivity index (χ1n) is 5.02. The molecule has 5 heteroatoms. The molecule has 2 rings (SSSR count). The average molecular weight is 242 g/mol. The van der Waals surface area contributed by atoms with Crippen LogP contribution >= 0.6 is 11.6 Å². The Morgan fingerprint density at radius 3 is 3.06 bits per heavy atom. The number of fused-ring (bicyclic) bond motifs is 1. The minimum atomic E-state index is -1.69. The fourth-order valence-corrected chi connectivity index (χ4v) is 1.99. The van der Waals surface area contributed by atoms with Gasteiger partial charge in [-0.25, -0.2) is 4.79 Å². The van der Waals surface area contributed by atoms with E-state index in [2.05, 4.69) is 5.32 Å². The van der Waals surface area contributed by atoms with E-state index in [0.29, 0.717) is 10.7 Å². The third-order valence-electron chi connectivity index (χ3n) is 2.51. The van der Waals surface area contributed by atoms with Crippen molar-refractivity contribution in [1.29, 1.82) is 0 Å². The lowest BCUT2D eigenvalue weighted by molar-refractivity contribution is -0.161. The number of benzene rings is 1. The van der Waals surface area contributed by atoms with Gasteiger partial charge in [0.25, 0.3) is 0 Å². The lowest BCUT2D eigenvalue weighted by Crippen LogP contribution is -2.46. The summed E-state index contributed by atoms with van der Waals surface area (Å²) < 4.78 is 4.81. The summed E-state index contributed by atoms with van der Waals surface area (Å²) in [5.41, 5.74) is -0.286. The SMILES string of the molecule is CCOC(=O)C1(O)Cc2c(Cl)cccc2N1. The summed E-state index contributed by atoms with van der Waals surface area (Å²) in [6, 6.07) is 5.24. The van der Waals surface area contributed by atoms with Crippen molar-refractivity contribution in [3.63, 3.8) is 0 Å². The smallest absolute Gasteiger partial charge is 0.359 e. The number of nitrogens with one attached hydrogen (secondary N) is 1. The van der Waals surface area contributed by atoms with E-state index >= 15 is 0 Å². The van der Waals surface area contributed by atoms with Crippen molar-refractivity contribution in [2.24, 2.45) is 0 Å². The second-order valence-corrected chi connectivity index (χ2v) is 4.06.